The summed E-state index contributed by atoms with van der Waals surface area (Å²) < 4.78 is 10.4. The van der Waals surface area contributed by atoms with Crippen molar-refractivity contribution in [2.75, 3.05) is 7.11 Å². The van der Waals surface area contributed by atoms with Crippen LogP contribution < -0.4 is 5.73 Å². The molecule has 1 fully saturated rings. The monoisotopic (exact) mass is 240 g/mol. The molecule has 1 aliphatic heterocycles. The first-order valence-corrected chi connectivity index (χ1v) is 4.83. The second kappa shape index (κ2) is 4.02. The van der Waals surface area contributed by atoms with E-state index in [4.69, 9.17) is 9.47 Å². The van der Waals surface area contributed by atoms with Crippen molar-refractivity contribution < 1.29 is 20.3 Å². The van der Waals surface area contributed by atoms with Gasteiger partial charge >= 0.3 is 0 Å². The van der Waals surface area contributed by atoms with Crippen LogP contribution in [-0.2, 0) is 9.47 Å². The van der Waals surface area contributed by atoms with E-state index in [0.717, 1.165) is 0 Å². The number of rotatable bonds is 1. The molecule has 0 amide bonds. The molecule has 72 valence electrons. The van der Waals surface area contributed by atoms with Crippen LogP contribution in [0.3, 0.4) is 0 Å². The van der Waals surface area contributed by atoms with Crippen LogP contribution in [0.25, 0.3) is 0 Å². The lowest BCUT2D eigenvalue weighted by Gasteiger charge is -2.36. The summed E-state index contributed by atoms with van der Waals surface area (Å²) in [7, 11) is 1.58. The Kier molecular flexibility index (Phi) is 3.48. The van der Waals surface area contributed by atoms with Crippen LogP contribution >= 0.6 is 15.9 Å². The van der Waals surface area contributed by atoms with E-state index in [-0.39, 0.29) is 23.3 Å². The summed E-state index contributed by atoms with van der Waals surface area (Å²) in [5.74, 6) is 0. The predicted molar refractivity (Wildman–Crippen MR) is 46.7 cm³/mol. The Balaban J connectivity index is 2.63. The zero-order chi connectivity index (χ0) is 9.30. The highest BCUT2D eigenvalue weighted by molar-refractivity contribution is 9.09. The minimum atomic E-state index is -0.527. The SMILES string of the molecule is CO[C@@H]1O[C@@H](C)[C@H](O)[C@H]([NH3+])[C@H]1Br. The molecule has 1 heterocycles. The van der Waals surface area contributed by atoms with Crippen LogP contribution in [-0.4, -0.2) is 41.6 Å². The van der Waals surface area contributed by atoms with E-state index in [1.54, 1.807) is 7.11 Å². The number of quaternary nitrogens is 1. The summed E-state index contributed by atoms with van der Waals surface area (Å²) in [4.78, 5) is -0.0475. The summed E-state index contributed by atoms with van der Waals surface area (Å²) in [6.07, 6.45) is -1.06. The summed E-state index contributed by atoms with van der Waals surface area (Å²) >= 11 is 3.38. The topological polar surface area (TPSA) is 66.3 Å². The predicted octanol–water partition coefficient (Wildman–Crippen LogP) is -0.887. The Labute approximate surface area is 80.2 Å². The van der Waals surface area contributed by atoms with Crippen molar-refractivity contribution in [3.8, 4) is 0 Å². The molecule has 0 unspecified atom stereocenters. The quantitative estimate of drug-likeness (QED) is 0.585. The maximum atomic E-state index is 9.56. The van der Waals surface area contributed by atoms with Gasteiger partial charge in [0.1, 0.15) is 17.0 Å². The van der Waals surface area contributed by atoms with Crippen LogP contribution in [0.2, 0.25) is 0 Å². The molecule has 0 aromatic heterocycles. The lowest BCUT2D eigenvalue weighted by atomic mass is 10.0. The fourth-order valence-corrected chi connectivity index (χ4v) is 1.94. The van der Waals surface area contributed by atoms with Gasteiger partial charge in [0.25, 0.3) is 0 Å². The number of hydrogen-bond acceptors (Lipinski definition) is 3. The van der Waals surface area contributed by atoms with E-state index >= 15 is 0 Å². The van der Waals surface area contributed by atoms with Crippen molar-refractivity contribution in [2.24, 2.45) is 0 Å². The van der Waals surface area contributed by atoms with Crippen molar-refractivity contribution in [2.45, 2.75) is 36.3 Å². The van der Waals surface area contributed by atoms with E-state index in [1.807, 2.05) is 6.92 Å². The minimum absolute atomic E-state index is 0.0475. The van der Waals surface area contributed by atoms with E-state index in [0.29, 0.717) is 0 Å². The third-order valence-electron chi connectivity index (χ3n) is 2.17. The van der Waals surface area contributed by atoms with Crippen LogP contribution in [0, 0.1) is 0 Å². The second-order valence-electron chi connectivity index (χ2n) is 3.04. The zero-order valence-electron chi connectivity index (χ0n) is 7.24. The fourth-order valence-electron chi connectivity index (χ4n) is 1.29. The molecule has 0 spiro atoms. The molecule has 5 heteroatoms. The summed E-state index contributed by atoms with van der Waals surface area (Å²) in [6.45, 7) is 1.81. The van der Waals surface area contributed by atoms with Crippen LogP contribution in [0.5, 0.6) is 0 Å². The molecule has 0 radical (unpaired) electrons. The maximum absolute atomic E-state index is 9.56. The highest BCUT2D eigenvalue weighted by Gasteiger charge is 2.42. The van der Waals surface area contributed by atoms with Gasteiger partial charge < -0.3 is 20.3 Å². The number of hydrogen-bond donors (Lipinski definition) is 2. The minimum Gasteiger partial charge on any atom is -0.384 e. The molecule has 0 aromatic carbocycles. The van der Waals surface area contributed by atoms with Crippen LogP contribution in [0.15, 0.2) is 0 Å². The standard InChI is InChI=1S/C7H14BrNO3/c1-3-6(10)5(9)4(8)7(11-2)12-3/h3-7,10H,9H2,1-2H3/p+1/t3-,4+,5+,6-,7+/m0/s1. The molecule has 1 aliphatic rings. The second-order valence-corrected chi connectivity index (χ2v) is 4.10. The van der Waals surface area contributed by atoms with Gasteiger partial charge in [0.15, 0.2) is 6.29 Å². The van der Waals surface area contributed by atoms with E-state index < -0.39 is 6.10 Å². The Morgan fingerprint density at radius 1 is 1.58 bits per heavy atom. The average Bonchev–Trinajstić information content (AvgIpc) is 2.08. The molecular formula is C7H15BrNO3+. The lowest BCUT2D eigenvalue weighted by molar-refractivity contribution is -0.461. The molecular weight excluding hydrogens is 226 g/mol. The molecule has 1 rings (SSSR count). The van der Waals surface area contributed by atoms with Crippen molar-refractivity contribution in [1.82, 2.24) is 0 Å². The molecule has 0 saturated carbocycles. The van der Waals surface area contributed by atoms with Gasteiger partial charge in [0.2, 0.25) is 0 Å². The van der Waals surface area contributed by atoms with Gasteiger partial charge in [0, 0.05) is 7.11 Å². The first-order chi connectivity index (χ1) is 5.57. The Hall–Kier alpha value is 0.320. The third-order valence-corrected chi connectivity index (χ3v) is 3.28. The molecule has 0 aliphatic carbocycles. The number of ether oxygens (including phenoxy) is 2. The van der Waals surface area contributed by atoms with Gasteiger partial charge in [-0.05, 0) is 6.92 Å². The Morgan fingerprint density at radius 2 is 2.17 bits per heavy atom. The highest BCUT2D eigenvalue weighted by Crippen LogP contribution is 2.24. The first-order valence-electron chi connectivity index (χ1n) is 3.91. The van der Waals surface area contributed by atoms with Gasteiger partial charge in [-0.2, -0.15) is 0 Å². The highest BCUT2D eigenvalue weighted by atomic mass is 79.9. The van der Waals surface area contributed by atoms with Crippen molar-refractivity contribution in [3.05, 3.63) is 0 Å². The largest absolute Gasteiger partial charge is 0.384 e. The van der Waals surface area contributed by atoms with Crippen LogP contribution in [0.4, 0.5) is 0 Å². The summed E-state index contributed by atoms with van der Waals surface area (Å²) in [5, 5.41) is 9.56. The van der Waals surface area contributed by atoms with Crippen molar-refractivity contribution in [3.63, 3.8) is 0 Å². The van der Waals surface area contributed by atoms with Gasteiger partial charge in [0.05, 0.1) is 6.10 Å². The number of alkyl halides is 1. The molecule has 4 nitrogen and oxygen atoms in total. The molecule has 1 saturated heterocycles. The normalized spacial score (nSPS) is 49.2. The molecule has 0 aromatic rings. The van der Waals surface area contributed by atoms with Crippen LogP contribution in [0.1, 0.15) is 6.92 Å². The summed E-state index contributed by atoms with van der Waals surface area (Å²) in [6, 6.07) is -0.0984. The van der Waals surface area contributed by atoms with Gasteiger partial charge in [-0.1, -0.05) is 15.9 Å². The zero-order valence-corrected chi connectivity index (χ0v) is 8.82. The number of methoxy groups -OCH3 is 1. The molecule has 4 N–H and O–H groups in total. The Bertz CT molecular complexity index is 153. The van der Waals surface area contributed by atoms with Crippen molar-refractivity contribution in [1.29, 1.82) is 0 Å². The number of aliphatic hydroxyl groups excluding tert-OH is 1. The fraction of sp³-hybridized carbons (Fsp3) is 1.00. The lowest BCUT2D eigenvalue weighted by Crippen LogP contribution is -2.76. The summed E-state index contributed by atoms with van der Waals surface area (Å²) in [5.41, 5.74) is 3.85. The smallest absolute Gasteiger partial charge is 0.175 e. The average molecular weight is 241 g/mol. The van der Waals surface area contributed by atoms with Gasteiger partial charge in [-0.25, -0.2) is 0 Å². The molecule has 5 atom stereocenters. The van der Waals surface area contributed by atoms with Crippen molar-refractivity contribution >= 4 is 15.9 Å². The van der Waals surface area contributed by atoms with Gasteiger partial charge in [-0.3, -0.25) is 0 Å². The molecule has 12 heavy (non-hydrogen) atoms. The van der Waals surface area contributed by atoms with E-state index in [2.05, 4.69) is 21.7 Å². The maximum Gasteiger partial charge on any atom is 0.175 e. The van der Waals surface area contributed by atoms with E-state index in [9.17, 15) is 5.11 Å². The third kappa shape index (κ3) is 1.80. The first kappa shape index (κ1) is 10.4. The van der Waals surface area contributed by atoms with E-state index in [1.165, 1.54) is 0 Å². The molecule has 0 bridgehead atoms. The number of halogens is 1. The van der Waals surface area contributed by atoms with Gasteiger partial charge in [-0.15, -0.1) is 0 Å². The number of aliphatic hydroxyl groups is 1. The Morgan fingerprint density at radius 3 is 2.67 bits per heavy atom.